The van der Waals surface area contributed by atoms with Crippen LogP contribution < -0.4 is 5.32 Å². The SMILES string of the molecule is CNCC1(OC)CCCN(C2CC2)C1. The Labute approximate surface area is 86.8 Å². The Morgan fingerprint density at radius 1 is 1.50 bits per heavy atom. The molecular formula is C11H22N2O. The minimum atomic E-state index is 0.0790. The molecule has 1 N–H and O–H groups in total. The van der Waals surface area contributed by atoms with Gasteiger partial charge in [-0.3, -0.25) is 4.90 Å². The summed E-state index contributed by atoms with van der Waals surface area (Å²) in [6.07, 6.45) is 5.29. The molecule has 0 aromatic carbocycles. The monoisotopic (exact) mass is 198 g/mol. The molecule has 1 unspecified atom stereocenters. The van der Waals surface area contributed by atoms with Gasteiger partial charge in [-0.15, -0.1) is 0 Å². The molecule has 14 heavy (non-hydrogen) atoms. The lowest BCUT2D eigenvalue weighted by molar-refractivity contribution is -0.0638. The topological polar surface area (TPSA) is 24.5 Å². The fourth-order valence-corrected chi connectivity index (χ4v) is 2.59. The number of nitrogens with one attached hydrogen (secondary N) is 1. The Bertz CT molecular complexity index is 190. The van der Waals surface area contributed by atoms with Crippen LogP contribution in [0.4, 0.5) is 0 Å². The summed E-state index contributed by atoms with van der Waals surface area (Å²) in [4.78, 5) is 2.62. The highest BCUT2D eigenvalue weighted by molar-refractivity contribution is 4.95. The Morgan fingerprint density at radius 2 is 2.29 bits per heavy atom. The highest BCUT2D eigenvalue weighted by Crippen LogP contribution is 2.33. The summed E-state index contributed by atoms with van der Waals surface area (Å²) < 4.78 is 5.72. The number of likely N-dealkylation sites (N-methyl/N-ethyl adjacent to an activating group) is 1. The molecule has 1 saturated heterocycles. The maximum absolute atomic E-state index is 5.72. The summed E-state index contributed by atoms with van der Waals surface area (Å²) in [6, 6.07) is 0.877. The molecule has 2 aliphatic rings. The van der Waals surface area contributed by atoms with E-state index in [0.717, 1.165) is 19.1 Å². The molecule has 1 saturated carbocycles. The number of rotatable bonds is 4. The summed E-state index contributed by atoms with van der Waals surface area (Å²) in [5.74, 6) is 0. The van der Waals surface area contributed by atoms with E-state index in [1.54, 1.807) is 0 Å². The van der Waals surface area contributed by atoms with Crippen molar-refractivity contribution < 1.29 is 4.74 Å². The van der Waals surface area contributed by atoms with E-state index in [2.05, 4.69) is 10.2 Å². The number of nitrogens with zero attached hydrogens (tertiary/aromatic N) is 1. The number of methoxy groups -OCH3 is 1. The van der Waals surface area contributed by atoms with Gasteiger partial charge >= 0.3 is 0 Å². The van der Waals surface area contributed by atoms with E-state index in [0.29, 0.717) is 0 Å². The third-order valence-corrected chi connectivity index (χ3v) is 3.56. The van der Waals surface area contributed by atoms with Gasteiger partial charge < -0.3 is 10.1 Å². The summed E-state index contributed by atoms with van der Waals surface area (Å²) in [6.45, 7) is 3.38. The zero-order valence-corrected chi connectivity index (χ0v) is 9.38. The van der Waals surface area contributed by atoms with Gasteiger partial charge in [-0.25, -0.2) is 0 Å². The van der Waals surface area contributed by atoms with Gasteiger partial charge in [0.1, 0.15) is 0 Å². The van der Waals surface area contributed by atoms with Crippen molar-refractivity contribution in [2.45, 2.75) is 37.3 Å². The highest BCUT2D eigenvalue weighted by atomic mass is 16.5. The fourth-order valence-electron chi connectivity index (χ4n) is 2.59. The number of likely N-dealkylation sites (tertiary alicyclic amines) is 1. The van der Waals surface area contributed by atoms with Gasteiger partial charge in [0.15, 0.2) is 0 Å². The Morgan fingerprint density at radius 3 is 2.86 bits per heavy atom. The molecule has 0 bridgehead atoms. The largest absolute Gasteiger partial charge is 0.376 e. The highest BCUT2D eigenvalue weighted by Gasteiger charge is 2.40. The molecule has 1 aliphatic carbocycles. The molecule has 1 heterocycles. The molecule has 2 rings (SSSR count). The number of ether oxygens (including phenoxy) is 1. The zero-order chi connectivity index (χ0) is 10.0. The van der Waals surface area contributed by atoms with Crippen LogP contribution in [0.3, 0.4) is 0 Å². The number of hydrogen-bond acceptors (Lipinski definition) is 3. The third kappa shape index (κ3) is 2.10. The smallest absolute Gasteiger partial charge is 0.0928 e. The first kappa shape index (κ1) is 10.4. The van der Waals surface area contributed by atoms with Crippen LogP contribution in [0.5, 0.6) is 0 Å². The van der Waals surface area contributed by atoms with E-state index in [4.69, 9.17) is 4.74 Å². The average Bonchev–Trinajstić information content (AvgIpc) is 3.02. The summed E-state index contributed by atoms with van der Waals surface area (Å²) >= 11 is 0. The van der Waals surface area contributed by atoms with Crippen LogP contribution in [0.2, 0.25) is 0 Å². The minimum absolute atomic E-state index is 0.0790. The quantitative estimate of drug-likeness (QED) is 0.725. The van der Waals surface area contributed by atoms with E-state index < -0.39 is 0 Å². The standard InChI is InChI=1S/C11H22N2O/c1-12-8-11(14-2)6-3-7-13(9-11)10-4-5-10/h10,12H,3-9H2,1-2H3. The van der Waals surface area contributed by atoms with Crippen LogP contribution in [0.15, 0.2) is 0 Å². The second-order valence-corrected chi connectivity index (χ2v) is 4.72. The van der Waals surface area contributed by atoms with E-state index >= 15 is 0 Å². The van der Waals surface area contributed by atoms with Crippen molar-refractivity contribution in [3.05, 3.63) is 0 Å². The molecule has 0 spiro atoms. The lowest BCUT2D eigenvalue weighted by Crippen LogP contribution is -2.54. The lowest BCUT2D eigenvalue weighted by atomic mass is 9.92. The Balaban J connectivity index is 1.95. The maximum atomic E-state index is 5.72. The van der Waals surface area contributed by atoms with E-state index in [1.165, 1.54) is 32.2 Å². The van der Waals surface area contributed by atoms with Crippen molar-refractivity contribution in [1.82, 2.24) is 10.2 Å². The van der Waals surface area contributed by atoms with Crippen LogP contribution in [0, 0.1) is 0 Å². The molecule has 0 aromatic heterocycles. The molecule has 0 radical (unpaired) electrons. The second kappa shape index (κ2) is 4.17. The molecular weight excluding hydrogens is 176 g/mol. The first-order chi connectivity index (χ1) is 6.79. The van der Waals surface area contributed by atoms with Crippen LogP contribution >= 0.6 is 0 Å². The van der Waals surface area contributed by atoms with Crippen molar-refractivity contribution in [2.75, 3.05) is 33.8 Å². The third-order valence-electron chi connectivity index (χ3n) is 3.56. The summed E-state index contributed by atoms with van der Waals surface area (Å²) in [5, 5.41) is 3.26. The van der Waals surface area contributed by atoms with Gasteiger partial charge in [0, 0.05) is 26.2 Å². The van der Waals surface area contributed by atoms with Gasteiger partial charge in [-0.05, 0) is 39.3 Å². The molecule has 0 aromatic rings. The molecule has 1 atom stereocenters. The molecule has 1 aliphatic heterocycles. The maximum Gasteiger partial charge on any atom is 0.0928 e. The first-order valence-electron chi connectivity index (χ1n) is 5.73. The molecule has 2 fully saturated rings. The number of hydrogen-bond donors (Lipinski definition) is 1. The molecule has 82 valence electrons. The van der Waals surface area contributed by atoms with Crippen LogP contribution in [0.25, 0.3) is 0 Å². The normalized spacial score (nSPS) is 34.7. The predicted octanol–water partition coefficient (Wildman–Crippen LogP) is 0.849. The summed E-state index contributed by atoms with van der Waals surface area (Å²) in [7, 11) is 3.87. The first-order valence-corrected chi connectivity index (χ1v) is 5.73. The van der Waals surface area contributed by atoms with Gasteiger partial charge in [0.25, 0.3) is 0 Å². The van der Waals surface area contributed by atoms with Gasteiger partial charge in [-0.2, -0.15) is 0 Å². The van der Waals surface area contributed by atoms with Crippen LogP contribution in [0.1, 0.15) is 25.7 Å². The molecule has 3 heteroatoms. The van der Waals surface area contributed by atoms with Crippen molar-refractivity contribution in [3.63, 3.8) is 0 Å². The lowest BCUT2D eigenvalue weighted by Gasteiger charge is -2.42. The predicted molar refractivity (Wildman–Crippen MR) is 57.5 cm³/mol. The minimum Gasteiger partial charge on any atom is -0.376 e. The summed E-state index contributed by atoms with van der Waals surface area (Å²) in [5.41, 5.74) is 0.0790. The van der Waals surface area contributed by atoms with Gasteiger partial charge in [-0.1, -0.05) is 0 Å². The fraction of sp³-hybridized carbons (Fsp3) is 1.00. The van der Waals surface area contributed by atoms with Crippen molar-refractivity contribution in [3.8, 4) is 0 Å². The van der Waals surface area contributed by atoms with Crippen LogP contribution in [-0.4, -0.2) is 50.3 Å². The van der Waals surface area contributed by atoms with E-state index in [9.17, 15) is 0 Å². The Kier molecular flexibility index (Phi) is 3.10. The van der Waals surface area contributed by atoms with Gasteiger partial charge in [0.2, 0.25) is 0 Å². The van der Waals surface area contributed by atoms with E-state index in [-0.39, 0.29) is 5.60 Å². The second-order valence-electron chi connectivity index (χ2n) is 4.72. The zero-order valence-electron chi connectivity index (χ0n) is 9.38. The van der Waals surface area contributed by atoms with Crippen molar-refractivity contribution >= 4 is 0 Å². The average molecular weight is 198 g/mol. The molecule has 3 nitrogen and oxygen atoms in total. The number of piperidine rings is 1. The molecule has 0 amide bonds. The van der Waals surface area contributed by atoms with Crippen molar-refractivity contribution in [1.29, 1.82) is 0 Å². The van der Waals surface area contributed by atoms with E-state index in [1.807, 2.05) is 14.2 Å². The Hall–Kier alpha value is -0.120. The van der Waals surface area contributed by atoms with Crippen LogP contribution in [-0.2, 0) is 4.74 Å². The van der Waals surface area contributed by atoms with Crippen molar-refractivity contribution in [2.24, 2.45) is 0 Å². The van der Waals surface area contributed by atoms with Gasteiger partial charge in [0.05, 0.1) is 5.60 Å².